The van der Waals surface area contributed by atoms with Crippen LogP contribution in [-0.4, -0.2) is 0 Å². The molecule has 27 heavy (non-hydrogen) atoms. The molecule has 0 aromatic carbocycles. The van der Waals surface area contributed by atoms with Crippen LogP contribution in [0.4, 0.5) is 0 Å². The highest BCUT2D eigenvalue weighted by atomic mass is 14.6. The molecule has 154 valence electrons. The van der Waals surface area contributed by atoms with Gasteiger partial charge in [-0.05, 0) is 104 Å². The molecule has 4 rings (SSSR count). The van der Waals surface area contributed by atoms with Crippen LogP contribution in [0.25, 0.3) is 0 Å². The maximum atomic E-state index is 2.74. The fourth-order valence-electron chi connectivity index (χ4n) is 8.85. The number of rotatable bonds is 5. The van der Waals surface area contributed by atoms with E-state index in [2.05, 4.69) is 46.8 Å². The van der Waals surface area contributed by atoms with E-state index in [9.17, 15) is 0 Å². The third-order valence-corrected chi connectivity index (χ3v) is 10.4. The van der Waals surface area contributed by atoms with Gasteiger partial charge in [-0.1, -0.05) is 66.0 Å². The summed E-state index contributed by atoms with van der Waals surface area (Å²) >= 11 is 0. The number of hydrogen-bond donors (Lipinski definition) is 0. The summed E-state index contributed by atoms with van der Waals surface area (Å²) in [6.07, 6.45) is 21.4. The van der Waals surface area contributed by atoms with E-state index in [1.165, 1.54) is 64.2 Å². The Labute approximate surface area is 170 Å². The highest BCUT2D eigenvalue weighted by molar-refractivity contribution is 5.13. The van der Waals surface area contributed by atoms with Gasteiger partial charge in [-0.2, -0.15) is 0 Å². The molecular weight excluding hydrogens is 324 g/mol. The molecule has 0 saturated heterocycles. The normalized spacial score (nSPS) is 47.4. The van der Waals surface area contributed by atoms with Crippen molar-refractivity contribution in [3.63, 3.8) is 0 Å². The third kappa shape index (κ3) is 3.36. The van der Waals surface area contributed by atoms with Crippen LogP contribution in [0.5, 0.6) is 0 Å². The van der Waals surface area contributed by atoms with E-state index in [-0.39, 0.29) is 0 Å². The van der Waals surface area contributed by atoms with Crippen LogP contribution < -0.4 is 0 Å². The Balaban J connectivity index is 1.47. The molecule has 0 heteroatoms. The van der Waals surface area contributed by atoms with Gasteiger partial charge in [-0.25, -0.2) is 0 Å². The van der Waals surface area contributed by atoms with Crippen LogP contribution >= 0.6 is 0 Å². The summed E-state index contributed by atoms with van der Waals surface area (Å²) in [5.41, 5.74) is 1.28. The second-order valence-electron chi connectivity index (χ2n) is 12.1. The highest BCUT2D eigenvalue weighted by Crippen LogP contribution is 2.67. The van der Waals surface area contributed by atoms with Gasteiger partial charge in [0, 0.05) is 0 Å². The lowest BCUT2D eigenvalue weighted by Crippen LogP contribution is -2.52. The largest absolute Gasteiger partial charge is 0.0882 e. The van der Waals surface area contributed by atoms with Crippen LogP contribution in [0.1, 0.15) is 105 Å². The Morgan fingerprint density at radius 3 is 2.41 bits per heavy atom. The first-order chi connectivity index (χ1) is 12.9. The van der Waals surface area contributed by atoms with Gasteiger partial charge in [0.1, 0.15) is 0 Å². The molecule has 0 spiro atoms. The van der Waals surface area contributed by atoms with Crippen molar-refractivity contribution in [3.05, 3.63) is 12.2 Å². The van der Waals surface area contributed by atoms with Crippen molar-refractivity contribution in [1.82, 2.24) is 0 Å². The summed E-state index contributed by atoms with van der Waals surface area (Å²) in [5, 5.41) is 0. The van der Waals surface area contributed by atoms with E-state index < -0.39 is 0 Å². The monoisotopic (exact) mass is 370 g/mol. The van der Waals surface area contributed by atoms with Gasteiger partial charge >= 0.3 is 0 Å². The van der Waals surface area contributed by atoms with Crippen molar-refractivity contribution in [2.45, 2.75) is 105 Å². The van der Waals surface area contributed by atoms with Gasteiger partial charge in [0.05, 0.1) is 0 Å². The molecule has 0 radical (unpaired) electrons. The molecule has 8 atom stereocenters. The summed E-state index contributed by atoms with van der Waals surface area (Å²) in [5.74, 6) is 6.83. The Hall–Kier alpha value is -0.260. The first-order valence-corrected chi connectivity index (χ1v) is 12.5. The van der Waals surface area contributed by atoms with Crippen LogP contribution in [0.3, 0.4) is 0 Å². The molecular formula is C27H46. The summed E-state index contributed by atoms with van der Waals surface area (Å²) in [4.78, 5) is 0. The lowest BCUT2D eigenvalue weighted by Gasteiger charge is -2.60. The summed E-state index contributed by atoms with van der Waals surface area (Å²) in [6.45, 7) is 12.8. The lowest BCUT2D eigenvalue weighted by molar-refractivity contribution is -0.0955. The average Bonchev–Trinajstić information content (AvgIpc) is 2.98. The molecule has 0 nitrogen and oxygen atoms in total. The Kier molecular flexibility index (Phi) is 5.59. The minimum Gasteiger partial charge on any atom is -0.0882 e. The van der Waals surface area contributed by atoms with Crippen molar-refractivity contribution in [1.29, 1.82) is 0 Å². The van der Waals surface area contributed by atoms with Crippen molar-refractivity contribution < 1.29 is 0 Å². The van der Waals surface area contributed by atoms with Crippen molar-refractivity contribution in [3.8, 4) is 0 Å². The van der Waals surface area contributed by atoms with E-state index in [4.69, 9.17) is 0 Å². The predicted molar refractivity (Wildman–Crippen MR) is 118 cm³/mol. The molecule has 4 aliphatic carbocycles. The molecule has 1 unspecified atom stereocenters. The minimum absolute atomic E-state index is 0.625. The number of allylic oxidation sites excluding steroid dienone is 2. The molecule has 0 bridgehead atoms. The smallest absolute Gasteiger partial charge is 0.0177 e. The fourth-order valence-corrected chi connectivity index (χ4v) is 8.85. The maximum absolute atomic E-state index is 2.74. The number of hydrogen-bond acceptors (Lipinski definition) is 0. The second-order valence-corrected chi connectivity index (χ2v) is 12.1. The van der Waals surface area contributed by atoms with Crippen molar-refractivity contribution in [2.75, 3.05) is 0 Å². The number of fused-ring (bicyclic) bond motifs is 5. The molecule has 0 heterocycles. The summed E-state index contributed by atoms with van der Waals surface area (Å²) in [6, 6.07) is 0. The van der Waals surface area contributed by atoms with E-state index in [0.29, 0.717) is 10.8 Å². The fraction of sp³-hybridized carbons (Fsp3) is 0.926. The zero-order valence-electron chi connectivity index (χ0n) is 19.0. The molecule has 0 aliphatic heterocycles. The third-order valence-electron chi connectivity index (χ3n) is 10.4. The molecule has 0 amide bonds. The first-order valence-electron chi connectivity index (χ1n) is 12.5. The Bertz CT molecular complexity index is 544. The Morgan fingerprint density at radius 1 is 0.852 bits per heavy atom. The lowest BCUT2D eigenvalue weighted by atomic mass is 9.45. The van der Waals surface area contributed by atoms with Crippen molar-refractivity contribution >= 4 is 0 Å². The summed E-state index contributed by atoms with van der Waals surface area (Å²) < 4.78 is 0. The standard InChI is InChI=1S/C27H46/c1-19(2)9-8-10-20(3)23-14-15-24-22-13-12-21-11-6-7-17-26(21,4)25(22)16-18-27(23,24)5/h6,11,19-25H,7-10,12-18H2,1-5H3/t20-,21?,22+,23-,24+,25+,26+,27-/m1/s1. The van der Waals surface area contributed by atoms with Gasteiger partial charge in [-0.3, -0.25) is 0 Å². The zero-order chi connectivity index (χ0) is 19.2. The first kappa shape index (κ1) is 20.0. The highest BCUT2D eigenvalue weighted by Gasteiger charge is 2.59. The average molecular weight is 371 g/mol. The molecule has 0 aromatic rings. The zero-order valence-corrected chi connectivity index (χ0v) is 19.0. The van der Waals surface area contributed by atoms with Gasteiger partial charge in [0.15, 0.2) is 0 Å². The molecule has 0 aromatic heterocycles. The van der Waals surface area contributed by atoms with E-state index in [0.717, 1.165) is 41.4 Å². The molecule has 3 fully saturated rings. The van der Waals surface area contributed by atoms with Gasteiger partial charge in [0.25, 0.3) is 0 Å². The Morgan fingerprint density at radius 2 is 1.63 bits per heavy atom. The van der Waals surface area contributed by atoms with Gasteiger partial charge in [0.2, 0.25) is 0 Å². The summed E-state index contributed by atoms with van der Waals surface area (Å²) in [7, 11) is 0. The topological polar surface area (TPSA) is 0 Å². The van der Waals surface area contributed by atoms with E-state index >= 15 is 0 Å². The van der Waals surface area contributed by atoms with Crippen LogP contribution in [0.2, 0.25) is 0 Å². The van der Waals surface area contributed by atoms with Crippen LogP contribution in [-0.2, 0) is 0 Å². The molecule has 0 N–H and O–H groups in total. The van der Waals surface area contributed by atoms with E-state index in [1.54, 1.807) is 6.42 Å². The molecule has 4 aliphatic rings. The predicted octanol–water partition coefficient (Wildman–Crippen LogP) is 8.27. The van der Waals surface area contributed by atoms with Crippen molar-refractivity contribution in [2.24, 2.45) is 52.3 Å². The SMILES string of the molecule is CC(C)CCC[C@@H](C)[C@H]1CC[C@H]2[C@@H]3CCC4C=CCC[C@]4(C)[C@H]3CC[C@]12C. The maximum Gasteiger partial charge on any atom is -0.0177 e. The van der Waals surface area contributed by atoms with Crippen LogP contribution in [0.15, 0.2) is 12.2 Å². The minimum atomic E-state index is 0.625. The quantitative estimate of drug-likeness (QED) is 0.427. The van der Waals surface area contributed by atoms with Gasteiger partial charge in [-0.15, -0.1) is 0 Å². The van der Waals surface area contributed by atoms with E-state index in [1.807, 2.05) is 0 Å². The second kappa shape index (κ2) is 7.53. The van der Waals surface area contributed by atoms with Gasteiger partial charge < -0.3 is 0 Å². The molecule has 3 saturated carbocycles. The van der Waals surface area contributed by atoms with Crippen LogP contribution in [0, 0.1) is 52.3 Å².